The van der Waals surface area contributed by atoms with Gasteiger partial charge in [0.2, 0.25) is 5.78 Å². The van der Waals surface area contributed by atoms with E-state index < -0.39 is 0 Å². The first-order valence-corrected chi connectivity index (χ1v) is 9.24. The number of ketones is 1. The number of aromatic nitrogens is 2. The maximum absolute atomic E-state index is 12.5. The van der Waals surface area contributed by atoms with Crippen molar-refractivity contribution in [2.24, 2.45) is 0 Å². The van der Waals surface area contributed by atoms with E-state index >= 15 is 0 Å². The number of aromatic amines is 1. The first-order valence-electron chi connectivity index (χ1n) is 8.49. The predicted octanol–water partition coefficient (Wildman–Crippen LogP) is 6.54. The quantitative estimate of drug-likeness (QED) is 0.301. The summed E-state index contributed by atoms with van der Waals surface area (Å²) < 4.78 is 5.68. The fourth-order valence-corrected chi connectivity index (χ4v) is 3.21. The molecule has 0 atom stereocenters. The summed E-state index contributed by atoms with van der Waals surface area (Å²) in [6, 6.07) is 18.4. The highest BCUT2D eigenvalue weighted by molar-refractivity contribution is 6.43. The number of rotatable bonds is 5. The fourth-order valence-electron chi connectivity index (χ4n) is 2.81. The van der Waals surface area contributed by atoms with E-state index in [0.29, 0.717) is 21.4 Å². The lowest BCUT2D eigenvalue weighted by atomic mass is 10.1. The van der Waals surface area contributed by atoms with E-state index in [1.165, 1.54) is 6.08 Å². The molecule has 0 aliphatic rings. The van der Waals surface area contributed by atoms with Crippen molar-refractivity contribution in [3.05, 3.63) is 94.3 Å². The third-order valence-corrected chi connectivity index (χ3v) is 5.03. The van der Waals surface area contributed by atoms with E-state index in [1.807, 2.05) is 30.3 Å². The van der Waals surface area contributed by atoms with Crippen LogP contribution in [0.25, 0.3) is 28.7 Å². The van der Waals surface area contributed by atoms with Gasteiger partial charge in [0.05, 0.1) is 21.9 Å². The molecule has 0 aliphatic heterocycles. The van der Waals surface area contributed by atoms with Crippen LogP contribution in [0.4, 0.5) is 0 Å². The van der Waals surface area contributed by atoms with E-state index in [2.05, 4.69) is 10.2 Å². The summed E-state index contributed by atoms with van der Waals surface area (Å²) >= 11 is 12.3. The molecule has 0 aliphatic carbocycles. The Morgan fingerprint density at radius 2 is 1.82 bits per heavy atom. The second kappa shape index (κ2) is 7.89. The lowest BCUT2D eigenvalue weighted by Gasteiger charge is -2.02. The molecule has 0 saturated heterocycles. The van der Waals surface area contributed by atoms with Gasteiger partial charge in [-0.3, -0.25) is 9.89 Å². The smallest absolute Gasteiger partial charge is 0.221 e. The standard InChI is InChI=1S/C22H14Cl2N2O2/c23-17-8-4-7-16(21(17)24)19-11-12-20(28-19)18(27)10-9-15-13-25-26-22(15)14-5-2-1-3-6-14/h1-13H,(H,25,26). The summed E-state index contributed by atoms with van der Waals surface area (Å²) in [7, 11) is 0. The Hall–Kier alpha value is -3.08. The number of furan rings is 1. The average molecular weight is 409 g/mol. The van der Waals surface area contributed by atoms with Crippen molar-refractivity contribution in [2.75, 3.05) is 0 Å². The van der Waals surface area contributed by atoms with Crippen LogP contribution in [-0.4, -0.2) is 16.0 Å². The van der Waals surface area contributed by atoms with E-state index in [9.17, 15) is 4.79 Å². The summed E-state index contributed by atoms with van der Waals surface area (Å²) in [6.45, 7) is 0. The van der Waals surface area contributed by atoms with Crippen molar-refractivity contribution < 1.29 is 9.21 Å². The van der Waals surface area contributed by atoms with Crippen LogP contribution in [0.1, 0.15) is 16.1 Å². The fraction of sp³-hybridized carbons (Fsp3) is 0. The van der Waals surface area contributed by atoms with E-state index in [-0.39, 0.29) is 11.5 Å². The van der Waals surface area contributed by atoms with E-state index in [0.717, 1.165) is 16.8 Å². The molecule has 4 rings (SSSR count). The maximum atomic E-state index is 12.5. The van der Waals surface area contributed by atoms with Crippen LogP contribution >= 0.6 is 23.2 Å². The number of hydrogen-bond acceptors (Lipinski definition) is 3. The van der Waals surface area contributed by atoms with Gasteiger partial charge in [0, 0.05) is 16.7 Å². The number of halogens is 2. The van der Waals surface area contributed by atoms with Crippen molar-refractivity contribution in [3.63, 3.8) is 0 Å². The molecule has 4 nitrogen and oxygen atoms in total. The van der Waals surface area contributed by atoms with Gasteiger partial charge >= 0.3 is 0 Å². The molecular weight excluding hydrogens is 395 g/mol. The topological polar surface area (TPSA) is 58.9 Å². The van der Waals surface area contributed by atoms with Crippen molar-refractivity contribution in [3.8, 4) is 22.6 Å². The number of nitrogens with one attached hydrogen (secondary N) is 1. The average Bonchev–Trinajstić information content (AvgIpc) is 3.38. The summed E-state index contributed by atoms with van der Waals surface area (Å²) in [5, 5.41) is 7.85. The number of allylic oxidation sites excluding steroid dienone is 1. The van der Waals surface area contributed by atoms with Gasteiger partial charge in [0.1, 0.15) is 5.76 Å². The largest absolute Gasteiger partial charge is 0.453 e. The molecule has 138 valence electrons. The van der Waals surface area contributed by atoms with Crippen LogP contribution < -0.4 is 0 Å². The van der Waals surface area contributed by atoms with Gasteiger partial charge in [-0.25, -0.2) is 0 Å². The lowest BCUT2D eigenvalue weighted by Crippen LogP contribution is -1.91. The number of nitrogens with zero attached hydrogens (tertiary/aromatic N) is 1. The third-order valence-electron chi connectivity index (χ3n) is 4.21. The van der Waals surface area contributed by atoms with E-state index in [4.69, 9.17) is 27.6 Å². The first kappa shape index (κ1) is 18.3. The molecule has 2 aromatic carbocycles. The number of carbonyl (C=O) groups excluding carboxylic acids is 1. The van der Waals surface area contributed by atoms with Gasteiger partial charge in [-0.05, 0) is 36.4 Å². The minimum absolute atomic E-state index is 0.215. The molecule has 0 radical (unpaired) electrons. The normalized spacial score (nSPS) is 11.2. The molecule has 2 aromatic heterocycles. The first-order chi connectivity index (χ1) is 13.6. The number of benzene rings is 2. The summed E-state index contributed by atoms with van der Waals surface area (Å²) in [5.41, 5.74) is 3.28. The zero-order valence-electron chi connectivity index (χ0n) is 14.5. The molecule has 4 aromatic rings. The van der Waals surface area contributed by atoms with Crippen LogP contribution in [0.2, 0.25) is 10.0 Å². The SMILES string of the molecule is O=C(C=Cc1cn[nH]c1-c1ccccc1)c1ccc(-c2cccc(Cl)c2Cl)o1. The van der Waals surface area contributed by atoms with Crippen LogP contribution in [0.15, 0.2) is 77.4 Å². The molecule has 1 N–H and O–H groups in total. The van der Waals surface area contributed by atoms with Gasteiger partial charge in [0.25, 0.3) is 0 Å². The molecule has 0 fully saturated rings. The molecule has 0 unspecified atom stereocenters. The minimum Gasteiger partial charge on any atom is -0.453 e. The third kappa shape index (κ3) is 3.65. The zero-order chi connectivity index (χ0) is 19.5. The molecule has 28 heavy (non-hydrogen) atoms. The van der Waals surface area contributed by atoms with Crippen LogP contribution in [0.5, 0.6) is 0 Å². The number of hydrogen-bond donors (Lipinski definition) is 1. The molecule has 2 heterocycles. The molecule has 0 saturated carbocycles. The second-order valence-corrected chi connectivity index (χ2v) is 6.81. The molecule has 0 amide bonds. The van der Waals surface area contributed by atoms with Crippen LogP contribution in [0.3, 0.4) is 0 Å². The van der Waals surface area contributed by atoms with Gasteiger partial charge in [-0.15, -0.1) is 0 Å². The summed E-state index contributed by atoms with van der Waals surface area (Å²) in [5.74, 6) is 0.439. The highest BCUT2D eigenvalue weighted by Crippen LogP contribution is 2.34. The molecular formula is C22H14Cl2N2O2. The van der Waals surface area contributed by atoms with Gasteiger partial charge in [0.15, 0.2) is 5.76 Å². The summed E-state index contributed by atoms with van der Waals surface area (Å²) in [4.78, 5) is 12.5. The molecule has 6 heteroatoms. The number of carbonyl (C=O) groups is 1. The Morgan fingerprint density at radius 3 is 2.64 bits per heavy atom. The predicted molar refractivity (Wildman–Crippen MR) is 112 cm³/mol. The van der Waals surface area contributed by atoms with Crippen LogP contribution in [-0.2, 0) is 0 Å². The van der Waals surface area contributed by atoms with Gasteiger partial charge in [-0.2, -0.15) is 5.10 Å². The highest BCUT2D eigenvalue weighted by Gasteiger charge is 2.14. The highest BCUT2D eigenvalue weighted by atomic mass is 35.5. The van der Waals surface area contributed by atoms with Gasteiger partial charge < -0.3 is 4.42 Å². The second-order valence-electron chi connectivity index (χ2n) is 6.03. The Labute approximate surface area is 171 Å². The molecule has 0 bridgehead atoms. The van der Waals surface area contributed by atoms with Crippen molar-refractivity contribution in [1.82, 2.24) is 10.2 Å². The lowest BCUT2D eigenvalue weighted by molar-refractivity contribution is 0.102. The van der Waals surface area contributed by atoms with Crippen molar-refractivity contribution in [2.45, 2.75) is 0 Å². The Kier molecular flexibility index (Phi) is 5.15. The van der Waals surface area contributed by atoms with Crippen molar-refractivity contribution in [1.29, 1.82) is 0 Å². The Bertz CT molecular complexity index is 1160. The van der Waals surface area contributed by atoms with Crippen LogP contribution in [0, 0.1) is 0 Å². The zero-order valence-corrected chi connectivity index (χ0v) is 16.0. The Balaban J connectivity index is 1.57. The van der Waals surface area contributed by atoms with Gasteiger partial charge in [-0.1, -0.05) is 59.6 Å². The van der Waals surface area contributed by atoms with Crippen molar-refractivity contribution >= 4 is 35.1 Å². The summed E-state index contributed by atoms with van der Waals surface area (Å²) in [6.07, 6.45) is 4.84. The maximum Gasteiger partial charge on any atom is 0.221 e. The Morgan fingerprint density at radius 1 is 1.00 bits per heavy atom. The number of H-pyrrole nitrogens is 1. The monoisotopic (exact) mass is 408 g/mol. The van der Waals surface area contributed by atoms with E-state index in [1.54, 1.807) is 42.6 Å². The molecule has 0 spiro atoms. The minimum atomic E-state index is -0.260.